The lowest BCUT2D eigenvalue weighted by molar-refractivity contribution is 0.0934. The standard InChI is InChI=1S/C27H32F4N4O2/c1-16(18-3-2-4-19(25(18)29)26(30)31)32-27(36)20-13-24(35-9-11-37-12-10-35)21(28)14-22(20)33-23-15-34-7-5-17(23)6-8-34/h2-4,13-14,16-17,23,26,33H,5-12,15H2,1H3,(H,32,36)/t16-,23-/m1/s1. The molecule has 6 nitrogen and oxygen atoms in total. The third-order valence-corrected chi connectivity index (χ3v) is 7.79. The lowest BCUT2D eigenvalue weighted by Gasteiger charge is -2.45. The van der Waals surface area contributed by atoms with E-state index in [-0.39, 0.29) is 17.2 Å². The Hall–Kier alpha value is -2.85. The number of amides is 1. The molecule has 10 heteroatoms. The smallest absolute Gasteiger partial charge is 0.266 e. The molecule has 4 fully saturated rings. The van der Waals surface area contributed by atoms with Crippen LogP contribution in [-0.4, -0.2) is 62.8 Å². The zero-order chi connectivity index (χ0) is 26.1. The van der Waals surface area contributed by atoms with E-state index < -0.39 is 35.6 Å². The van der Waals surface area contributed by atoms with Gasteiger partial charge in [0.1, 0.15) is 11.6 Å². The lowest BCUT2D eigenvalue weighted by atomic mass is 9.84. The van der Waals surface area contributed by atoms with E-state index >= 15 is 4.39 Å². The van der Waals surface area contributed by atoms with E-state index in [1.54, 1.807) is 6.92 Å². The van der Waals surface area contributed by atoms with E-state index in [4.69, 9.17) is 4.74 Å². The molecule has 2 bridgehead atoms. The second-order valence-electron chi connectivity index (χ2n) is 10.1. The highest BCUT2D eigenvalue weighted by Crippen LogP contribution is 2.34. The van der Waals surface area contributed by atoms with Gasteiger partial charge in [-0.1, -0.05) is 18.2 Å². The van der Waals surface area contributed by atoms with Crippen LogP contribution in [-0.2, 0) is 4.74 Å². The number of hydrogen-bond acceptors (Lipinski definition) is 5. The summed E-state index contributed by atoms with van der Waals surface area (Å²) in [4.78, 5) is 17.7. The molecule has 0 aromatic heterocycles. The maximum Gasteiger partial charge on any atom is 0.266 e. The van der Waals surface area contributed by atoms with Crippen molar-refractivity contribution in [1.29, 1.82) is 0 Å². The predicted octanol–water partition coefficient (Wildman–Crippen LogP) is 4.74. The maximum absolute atomic E-state index is 15.3. The van der Waals surface area contributed by atoms with Crippen LogP contribution in [0, 0.1) is 17.6 Å². The highest BCUT2D eigenvalue weighted by molar-refractivity contribution is 6.01. The van der Waals surface area contributed by atoms with Gasteiger partial charge in [-0.25, -0.2) is 17.6 Å². The van der Waals surface area contributed by atoms with Crippen molar-refractivity contribution in [2.45, 2.75) is 38.3 Å². The number of carbonyl (C=O) groups is 1. The van der Waals surface area contributed by atoms with Crippen LogP contribution in [0.1, 0.15) is 53.7 Å². The number of hydrogen-bond donors (Lipinski definition) is 2. The average Bonchev–Trinajstić information content (AvgIpc) is 2.90. The zero-order valence-electron chi connectivity index (χ0n) is 20.8. The Morgan fingerprint density at radius 3 is 2.41 bits per heavy atom. The van der Waals surface area contributed by atoms with Gasteiger partial charge in [-0.05, 0) is 50.9 Å². The quantitative estimate of drug-likeness (QED) is 0.517. The Morgan fingerprint density at radius 1 is 1.05 bits per heavy atom. The number of morpholine rings is 1. The summed E-state index contributed by atoms with van der Waals surface area (Å²) < 4.78 is 61.9. The summed E-state index contributed by atoms with van der Waals surface area (Å²) in [6, 6.07) is 5.84. The fraction of sp³-hybridized carbons (Fsp3) is 0.519. The first-order valence-electron chi connectivity index (χ1n) is 12.8. The van der Waals surface area contributed by atoms with Crippen molar-refractivity contribution < 1.29 is 27.1 Å². The number of piperidine rings is 3. The molecule has 4 aliphatic rings. The molecule has 0 unspecified atom stereocenters. The molecule has 0 radical (unpaired) electrons. The molecule has 37 heavy (non-hydrogen) atoms. The highest BCUT2D eigenvalue weighted by Gasteiger charge is 2.35. The monoisotopic (exact) mass is 520 g/mol. The summed E-state index contributed by atoms with van der Waals surface area (Å²) in [5, 5.41) is 6.16. The molecule has 2 aromatic rings. The van der Waals surface area contributed by atoms with Crippen molar-refractivity contribution >= 4 is 17.3 Å². The fourth-order valence-electron chi connectivity index (χ4n) is 5.67. The van der Waals surface area contributed by atoms with Crippen LogP contribution in [0.5, 0.6) is 0 Å². The molecule has 1 amide bonds. The van der Waals surface area contributed by atoms with Gasteiger partial charge in [0.15, 0.2) is 0 Å². The fourth-order valence-corrected chi connectivity index (χ4v) is 5.67. The predicted molar refractivity (Wildman–Crippen MR) is 133 cm³/mol. The van der Waals surface area contributed by atoms with E-state index in [0.717, 1.165) is 38.5 Å². The third kappa shape index (κ3) is 5.40. The van der Waals surface area contributed by atoms with Crippen LogP contribution in [0.3, 0.4) is 0 Å². The number of anilines is 2. The number of halogens is 4. The molecule has 6 rings (SSSR count). The molecule has 2 atom stereocenters. The number of ether oxygens (including phenoxy) is 1. The maximum atomic E-state index is 15.3. The van der Waals surface area contributed by atoms with Gasteiger partial charge < -0.3 is 25.2 Å². The zero-order valence-corrected chi connectivity index (χ0v) is 20.8. The Kier molecular flexibility index (Phi) is 7.57. The molecule has 200 valence electrons. The van der Waals surface area contributed by atoms with E-state index in [1.165, 1.54) is 24.3 Å². The number of benzene rings is 2. The van der Waals surface area contributed by atoms with E-state index in [9.17, 15) is 18.0 Å². The van der Waals surface area contributed by atoms with Crippen molar-refractivity contribution in [3.8, 4) is 0 Å². The molecule has 4 aliphatic heterocycles. The van der Waals surface area contributed by atoms with Crippen LogP contribution >= 0.6 is 0 Å². The van der Waals surface area contributed by atoms with Gasteiger partial charge in [0, 0.05) is 31.2 Å². The summed E-state index contributed by atoms with van der Waals surface area (Å²) in [5.74, 6) is -1.57. The van der Waals surface area contributed by atoms with E-state index in [1.807, 2.05) is 4.90 Å². The van der Waals surface area contributed by atoms with Gasteiger partial charge in [-0.3, -0.25) is 4.79 Å². The molecule has 4 saturated heterocycles. The van der Waals surface area contributed by atoms with Gasteiger partial charge in [0.2, 0.25) is 0 Å². The molecule has 2 aromatic carbocycles. The van der Waals surface area contributed by atoms with Crippen LogP contribution in [0.2, 0.25) is 0 Å². The largest absolute Gasteiger partial charge is 0.380 e. The van der Waals surface area contributed by atoms with Crippen LogP contribution in [0.25, 0.3) is 0 Å². The normalized spacial score (nSPS) is 24.3. The number of fused-ring (bicyclic) bond motifs is 3. The summed E-state index contributed by atoms with van der Waals surface area (Å²) in [6.07, 6.45) is -0.873. The minimum atomic E-state index is -2.96. The summed E-state index contributed by atoms with van der Waals surface area (Å²) in [7, 11) is 0. The van der Waals surface area contributed by atoms with Crippen LogP contribution < -0.4 is 15.5 Å². The summed E-state index contributed by atoms with van der Waals surface area (Å²) in [5.41, 5.74) is 0.163. The van der Waals surface area contributed by atoms with Crippen molar-refractivity contribution in [3.63, 3.8) is 0 Å². The van der Waals surface area contributed by atoms with Crippen molar-refractivity contribution in [2.75, 3.05) is 56.2 Å². The Morgan fingerprint density at radius 2 is 1.76 bits per heavy atom. The van der Waals surface area contributed by atoms with Gasteiger partial charge in [0.05, 0.1) is 41.8 Å². The molecular weight excluding hydrogens is 488 g/mol. The highest BCUT2D eigenvalue weighted by atomic mass is 19.3. The number of alkyl halides is 2. The number of carbonyl (C=O) groups excluding carboxylic acids is 1. The number of nitrogens with zero attached hydrogens (tertiary/aromatic N) is 2. The molecule has 0 spiro atoms. The molecule has 0 saturated carbocycles. The third-order valence-electron chi connectivity index (χ3n) is 7.79. The summed E-state index contributed by atoms with van der Waals surface area (Å²) in [6.45, 7) is 6.34. The first-order chi connectivity index (χ1) is 17.8. The Bertz CT molecular complexity index is 1130. The number of nitrogens with one attached hydrogen (secondary N) is 2. The van der Waals surface area contributed by atoms with Crippen LogP contribution in [0.15, 0.2) is 30.3 Å². The van der Waals surface area contributed by atoms with Crippen molar-refractivity contribution in [2.24, 2.45) is 5.92 Å². The second kappa shape index (κ2) is 10.9. The van der Waals surface area contributed by atoms with E-state index in [2.05, 4.69) is 15.5 Å². The topological polar surface area (TPSA) is 56.8 Å². The minimum Gasteiger partial charge on any atom is -0.380 e. The van der Waals surface area contributed by atoms with Crippen molar-refractivity contribution in [3.05, 3.63) is 58.7 Å². The summed E-state index contributed by atoms with van der Waals surface area (Å²) >= 11 is 0. The van der Waals surface area contributed by atoms with Gasteiger partial charge in [-0.15, -0.1) is 0 Å². The minimum absolute atomic E-state index is 0.0337. The van der Waals surface area contributed by atoms with E-state index in [0.29, 0.717) is 43.6 Å². The van der Waals surface area contributed by atoms with Gasteiger partial charge in [0.25, 0.3) is 12.3 Å². The first kappa shape index (κ1) is 25.8. The molecule has 4 heterocycles. The molecular formula is C27H32F4N4O2. The SMILES string of the molecule is C[C@@H](NC(=O)c1cc(N2CCOCC2)c(F)cc1N[C@@H]1CN2CCC1CC2)c1cccc(C(F)F)c1F. The van der Waals surface area contributed by atoms with Gasteiger partial charge in [-0.2, -0.15) is 0 Å². The number of rotatable bonds is 7. The van der Waals surface area contributed by atoms with Crippen LogP contribution in [0.4, 0.5) is 28.9 Å². The van der Waals surface area contributed by atoms with Crippen molar-refractivity contribution in [1.82, 2.24) is 10.2 Å². The Balaban J connectivity index is 1.44. The molecule has 0 aliphatic carbocycles. The lowest BCUT2D eigenvalue weighted by Crippen LogP contribution is -2.53. The first-order valence-corrected chi connectivity index (χ1v) is 12.8. The second-order valence-corrected chi connectivity index (χ2v) is 10.1. The average molecular weight is 521 g/mol. The molecule has 2 N–H and O–H groups in total. The Labute approximate surface area is 214 Å². The van der Waals surface area contributed by atoms with Gasteiger partial charge >= 0.3 is 0 Å².